The van der Waals surface area contributed by atoms with Crippen LogP contribution in [0.2, 0.25) is 0 Å². The average Bonchev–Trinajstić information content (AvgIpc) is 2.68. The number of halogens is 5. The monoisotopic (exact) mass is 385 g/mol. The van der Waals surface area contributed by atoms with E-state index in [-0.39, 0.29) is 29.3 Å². The highest BCUT2D eigenvalue weighted by Gasteiger charge is 2.40. The van der Waals surface area contributed by atoms with Gasteiger partial charge in [-0.15, -0.1) is 5.10 Å². The molecule has 1 aromatic heterocycles. The van der Waals surface area contributed by atoms with E-state index in [0.29, 0.717) is 4.73 Å². The van der Waals surface area contributed by atoms with Gasteiger partial charge in [-0.2, -0.15) is 18.2 Å². The van der Waals surface area contributed by atoms with Crippen molar-refractivity contribution in [2.75, 3.05) is 0 Å². The van der Waals surface area contributed by atoms with Crippen LogP contribution in [0.15, 0.2) is 27.7 Å². The minimum atomic E-state index is -4.37. The fourth-order valence-electron chi connectivity index (χ4n) is 1.82. The van der Waals surface area contributed by atoms with Gasteiger partial charge in [-0.3, -0.25) is 0 Å². The number of allylic oxidation sites excluding steroid dienone is 4. The zero-order chi connectivity index (χ0) is 15.8. The predicted molar refractivity (Wildman–Crippen MR) is 74.9 cm³/mol. The number of hydrogen-bond donors (Lipinski definition) is 0. The molecule has 0 saturated carbocycles. The second-order valence-corrected chi connectivity index (χ2v) is 5.96. The fourth-order valence-corrected chi connectivity index (χ4v) is 2.41. The summed E-state index contributed by atoms with van der Waals surface area (Å²) in [6, 6.07) is 0.0721. The minimum absolute atomic E-state index is 0.00625. The third-order valence-electron chi connectivity index (χ3n) is 2.79. The van der Waals surface area contributed by atoms with Crippen molar-refractivity contribution < 1.29 is 17.9 Å². The molecule has 1 aliphatic carbocycles. The summed E-state index contributed by atoms with van der Waals surface area (Å²) in [6.45, 7) is 3.71. The van der Waals surface area contributed by atoms with E-state index in [9.17, 15) is 13.2 Å². The Morgan fingerprint density at radius 1 is 1.48 bits per heavy atom. The van der Waals surface area contributed by atoms with E-state index in [1.807, 2.05) is 13.8 Å². The second kappa shape index (κ2) is 6.00. The first-order valence-corrected chi connectivity index (χ1v) is 7.28. The average molecular weight is 387 g/mol. The molecule has 0 fully saturated rings. The van der Waals surface area contributed by atoms with E-state index in [2.05, 4.69) is 26.0 Å². The Morgan fingerprint density at radius 3 is 2.71 bits per heavy atom. The molecule has 116 valence electrons. The molecule has 0 radical (unpaired) electrons. The third kappa shape index (κ3) is 4.00. The molecule has 0 bridgehead atoms. The van der Waals surface area contributed by atoms with Crippen LogP contribution in [0, 0.1) is 5.92 Å². The zero-order valence-corrected chi connectivity index (χ0v) is 13.5. The van der Waals surface area contributed by atoms with Gasteiger partial charge in [0, 0.05) is 11.5 Å². The molecule has 0 N–H and O–H groups in total. The largest absolute Gasteiger partial charge is 0.429 e. The molecule has 0 amide bonds. The maximum atomic E-state index is 12.8. The number of nitrogens with zero attached hydrogens (tertiary/aromatic N) is 3. The number of aromatic nitrogens is 3. The Balaban J connectivity index is 2.22. The second-order valence-electron chi connectivity index (χ2n) is 4.82. The van der Waals surface area contributed by atoms with E-state index in [0.717, 1.165) is 6.08 Å². The van der Waals surface area contributed by atoms with Crippen LogP contribution in [-0.4, -0.2) is 20.9 Å². The van der Waals surface area contributed by atoms with Crippen LogP contribution in [-0.2, 0) is 0 Å². The van der Waals surface area contributed by atoms with Gasteiger partial charge in [0.05, 0.1) is 12.0 Å². The molecule has 0 aromatic carbocycles. The zero-order valence-electron chi connectivity index (χ0n) is 11.2. The lowest BCUT2D eigenvalue weighted by molar-refractivity contribution is -0.162. The van der Waals surface area contributed by atoms with E-state index in [1.54, 1.807) is 0 Å². The Kier molecular flexibility index (Phi) is 4.67. The Hall–Kier alpha value is -1.02. The van der Waals surface area contributed by atoms with E-state index >= 15 is 0 Å². The Labute approximate surface area is 132 Å². The molecule has 1 atom stereocenters. The van der Waals surface area contributed by atoms with Gasteiger partial charge < -0.3 is 4.74 Å². The lowest BCUT2D eigenvalue weighted by atomic mass is 9.99. The molecule has 1 unspecified atom stereocenters. The highest BCUT2D eigenvalue weighted by Crippen LogP contribution is 2.37. The van der Waals surface area contributed by atoms with Gasteiger partial charge in [0.2, 0.25) is 4.73 Å². The quantitative estimate of drug-likeness (QED) is 0.763. The van der Waals surface area contributed by atoms with E-state index < -0.39 is 12.1 Å². The van der Waals surface area contributed by atoms with Crippen LogP contribution in [0.3, 0.4) is 0 Å². The van der Waals surface area contributed by atoms with Crippen molar-refractivity contribution in [3.8, 4) is 6.01 Å². The summed E-state index contributed by atoms with van der Waals surface area (Å²) in [7, 11) is 0. The molecular weight excluding hydrogens is 375 g/mol. The van der Waals surface area contributed by atoms with Gasteiger partial charge in [-0.25, -0.2) is 4.68 Å². The molecular formula is C12H12BrClF3N3O. The van der Waals surface area contributed by atoms with Gasteiger partial charge in [-0.1, -0.05) is 17.7 Å². The molecule has 21 heavy (non-hydrogen) atoms. The van der Waals surface area contributed by atoms with E-state index in [1.165, 1.54) is 10.8 Å². The lowest BCUT2D eigenvalue weighted by Crippen LogP contribution is -2.24. The summed E-state index contributed by atoms with van der Waals surface area (Å²) in [5.41, 5.74) is 0. The van der Waals surface area contributed by atoms with Crippen LogP contribution in [0.25, 0.3) is 0 Å². The molecule has 0 saturated heterocycles. The standard InChI is InChI=1S/C12H12BrClF3N3O/c1-6(2)20-11(18-10(13)19-20)21-9-4-7(12(15,16)17)3-8(14)5-9/h3,5-7H,4H2,1-2H3. The summed E-state index contributed by atoms with van der Waals surface area (Å²) in [4.78, 5) is 4.00. The first kappa shape index (κ1) is 16.4. The summed E-state index contributed by atoms with van der Waals surface area (Å²) in [5.74, 6) is -1.56. The normalized spacial score (nSPS) is 19.5. The Morgan fingerprint density at radius 2 is 2.14 bits per heavy atom. The van der Waals surface area contributed by atoms with Crippen molar-refractivity contribution in [1.29, 1.82) is 0 Å². The van der Waals surface area contributed by atoms with Crippen molar-refractivity contribution in [1.82, 2.24) is 14.8 Å². The fraction of sp³-hybridized carbons (Fsp3) is 0.500. The van der Waals surface area contributed by atoms with Gasteiger partial charge in [0.25, 0.3) is 0 Å². The molecule has 4 nitrogen and oxygen atoms in total. The summed E-state index contributed by atoms with van der Waals surface area (Å²) >= 11 is 8.85. The molecule has 1 aliphatic rings. The van der Waals surface area contributed by atoms with Crippen molar-refractivity contribution in [2.24, 2.45) is 5.92 Å². The molecule has 0 aliphatic heterocycles. The highest BCUT2D eigenvalue weighted by atomic mass is 79.9. The maximum Gasteiger partial charge on any atom is 0.395 e. The molecule has 1 heterocycles. The molecule has 9 heteroatoms. The van der Waals surface area contributed by atoms with Crippen molar-refractivity contribution in [3.05, 3.63) is 27.7 Å². The first-order chi connectivity index (χ1) is 9.66. The van der Waals surface area contributed by atoms with Crippen molar-refractivity contribution in [2.45, 2.75) is 32.5 Å². The minimum Gasteiger partial charge on any atom is -0.429 e. The van der Waals surface area contributed by atoms with Crippen LogP contribution < -0.4 is 4.74 Å². The number of hydrogen-bond acceptors (Lipinski definition) is 3. The van der Waals surface area contributed by atoms with E-state index in [4.69, 9.17) is 16.3 Å². The molecule has 1 aromatic rings. The highest BCUT2D eigenvalue weighted by molar-refractivity contribution is 9.10. The van der Waals surface area contributed by atoms with Crippen LogP contribution in [0.5, 0.6) is 6.01 Å². The number of alkyl halides is 3. The van der Waals surface area contributed by atoms with Gasteiger partial charge in [0.1, 0.15) is 5.76 Å². The first-order valence-electron chi connectivity index (χ1n) is 6.11. The molecule has 0 spiro atoms. The SMILES string of the molecule is CC(C)n1nc(Br)nc1OC1=CC(Cl)=CC(C(F)(F)F)C1. The molecule has 2 rings (SSSR count). The summed E-state index contributed by atoms with van der Waals surface area (Å²) in [5, 5.41) is 4.06. The van der Waals surface area contributed by atoms with Crippen LogP contribution >= 0.6 is 27.5 Å². The number of ether oxygens (including phenoxy) is 1. The summed E-state index contributed by atoms with van der Waals surface area (Å²) in [6.07, 6.45) is -2.36. The van der Waals surface area contributed by atoms with Crippen LogP contribution in [0.4, 0.5) is 13.2 Å². The van der Waals surface area contributed by atoms with Gasteiger partial charge in [-0.05, 0) is 35.9 Å². The number of rotatable bonds is 3. The van der Waals surface area contributed by atoms with Crippen molar-refractivity contribution in [3.63, 3.8) is 0 Å². The van der Waals surface area contributed by atoms with Crippen LogP contribution in [0.1, 0.15) is 26.3 Å². The lowest BCUT2D eigenvalue weighted by Gasteiger charge is -2.22. The Bertz CT molecular complexity index is 595. The maximum absolute atomic E-state index is 12.8. The third-order valence-corrected chi connectivity index (χ3v) is 3.36. The summed E-state index contributed by atoms with van der Waals surface area (Å²) < 4.78 is 45.7. The topological polar surface area (TPSA) is 39.9 Å². The van der Waals surface area contributed by atoms with Gasteiger partial charge in [0.15, 0.2) is 0 Å². The van der Waals surface area contributed by atoms with Gasteiger partial charge >= 0.3 is 12.2 Å². The smallest absolute Gasteiger partial charge is 0.395 e. The van der Waals surface area contributed by atoms with Crippen molar-refractivity contribution >= 4 is 27.5 Å². The predicted octanol–water partition coefficient (Wildman–Crippen LogP) is 4.59.